The fourth-order valence-corrected chi connectivity index (χ4v) is 3.08. The molecule has 0 radical (unpaired) electrons. The summed E-state index contributed by atoms with van der Waals surface area (Å²) in [5, 5.41) is 25.6. The maximum Gasteiger partial charge on any atom is 0.407 e. The monoisotopic (exact) mass is 399 g/mol. The number of amides is 1. The van der Waals surface area contributed by atoms with Crippen molar-refractivity contribution in [2.45, 2.75) is 63.9 Å². The number of carbonyl (C=O) groups is 1. The standard InChI is InChI=1S/C17H25N3O6S/c1-16(2,3)11-9-12(19(22)23)10(13(14(11)27)20(24)25)7-8-18-15(21)26-17(4,5)6/h9,27H,7-8H2,1-6H3,(H,18,21). The second-order valence-electron chi connectivity index (χ2n) is 8.06. The van der Waals surface area contributed by atoms with E-state index in [4.69, 9.17) is 4.74 Å². The lowest BCUT2D eigenvalue weighted by Gasteiger charge is -2.22. The van der Waals surface area contributed by atoms with Gasteiger partial charge in [0, 0.05) is 19.0 Å². The van der Waals surface area contributed by atoms with Crippen LogP contribution in [-0.4, -0.2) is 28.1 Å². The van der Waals surface area contributed by atoms with E-state index in [1.165, 1.54) is 6.07 Å². The van der Waals surface area contributed by atoms with Gasteiger partial charge < -0.3 is 10.1 Å². The number of nitrogens with zero attached hydrogens (tertiary/aromatic N) is 2. The van der Waals surface area contributed by atoms with E-state index in [9.17, 15) is 25.0 Å². The Morgan fingerprint density at radius 1 is 1.15 bits per heavy atom. The zero-order chi connectivity index (χ0) is 21.2. The molecule has 0 spiro atoms. The maximum atomic E-state index is 11.7. The van der Waals surface area contributed by atoms with Crippen LogP contribution in [-0.2, 0) is 16.6 Å². The molecule has 10 heteroatoms. The first kappa shape index (κ1) is 22.7. The molecule has 0 aliphatic carbocycles. The third-order valence-corrected chi connectivity index (χ3v) is 4.04. The van der Waals surface area contributed by atoms with Gasteiger partial charge in [-0.3, -0.25) is 20.2 Å². The first-order chi connectivity index (χ1) is 12.1. The van der Waals surface area contributed by atoms with Crippen molar-refractivity contribution in [1.29, 1.82) is 0 Å². The minimum absolute atomic E-state index is 0.0569. The highest BCUT2D eigenvalue weighted by Gasteiger charge is 2.33. The smallest absolute Gasteiger partial charge is 0.407 e. The molecular weight excluding hydrogens is 374 g/mol. The van der Waals surface area contributed by atoms with Crippen molar-refractivity contribution in [3.05, 3.63) is 37.4 Å². The van der Waals surface area contributed by atoms with Crippen molar-refractivity contribution in [3.63, 3.8) is 0 Å². The predicted molar refractivity (Wildman–Crippen MR) is 104 cm³/mol. The van der Waals surface area contributed by atoms with Crippen LogP contribution in [0.25, 0.3) is 0 Å². The number of nitro groups is 2. The molecular formula is C17H25N3O6S. The minimum Gasteiger partial charge on any atom is -0.444 e. The molecule has 0 fully saturated rings. The number of rotatable bonds is 5. The lowest BCUT2D eigenvalue weighted by atomic mass is 9.85. The molecule has 0 unspecified atom stereocenters. The Bertz CT molecular complexity index is 765. The predicted octanol–water partition coefficient (Wildman–Crippen LogP) is 4.16. The summed E-state index contributed by atoms with van der Waals surface area (Å²) >= 11 is 4.27. The number of benzene rings is 1. The topological polar surface area (TPSA) is 125 Å². The van der Waals surface area contributed by atoms with Crippen LogP contribution in [0.5, 0.6) is 0 Å². The molecule has 27 heavy (non-hydrogen) atoms. The van der Waals surface area contributed by atoms with Crippen LogP contribution < -0.4 is 5.32 Å². The number of carbonyl (C=O) groups excluding carboxylic acids is 1. The number of alkyl carbamates (subject to hydrolysis) is 1. The van der Waals surface area contributed by atoms with E-state index in [0.29, 0.717) is 5.56 Å². The van der Waals surface area contributed by atoms with Gasteiger partial charge in [-0.25, -0.2) is 4.79 Å². The second-order valence-corrected chi connectivity index (χ2v) is 8.51. The Morgan fingerprint density at radius 2 is 1.70 bits per heavy atom. The van der Waals surface area contributed by atoms with E-state index in [-0.39, 0.29) is 29.1 Å². The summed E-state index contributed by atoms with van der Waals surface area (Å²) in [5.74, 6) is 0. The molecule has 9 nitrogen and oxygen atoms in total. The molecule has 0 aliphatic heterocycles. The van der Waals surface area contributed by atoms with Crippen LogP contribution >= 0.6 is 12.6 Å². The molecule has 0 atom stereocenters. The van der Waals surface area contributed by atoms with Gasteiger partial charge in [0.15, 0.2) is 0 Å². The lowest BCUT2D eigenvalue weighted by Crippen LogP contribution is -2.33. The number of thiol groups is 1. The van der Waals surface area contributed by atoms with Gasteiger partial charge in [0.1, 0.15) is 11.2 Å². The maximum absolute atomic E-state index is 11.7. The summed E-state index contributed by atoms with van der Waals surface area (Å²) in [4.78, 5) is 33.6. The molecule has 0 bridgehead atoms. The summed E-state index contributed by atoms with van der Waals surface area (Å²) in [6.07, 6.45) is -0.811. The van der Waals surface area contributed by atoms with E-state index in [2.05, 4.69) is 17.9 Å². The van der Waals surface area contributed by atoms with Gasteiger partial charge in [0.2, 0.25) is 0 Å². The summed E-state index contributed by atoms with van der Waals surface area (Å²) in [7, 11) is 0. The van der Waals surface area contributed by atoms with Crippen molar-refractivity contribution in [1.82, 2.24) is 5.32 Å². The van der Waals surface area contributed by atoms with E-state index in [0.717, 1.165) is 0 Å². The van der Waals surface area contributed by atoms with Crippen LogP contribution in [0.1, 0.15) is 52.7 Å². The first-order valence-corrected chi connectivity index (χ1v) is 8.75. The quantitative estimate of drug-likeness (QED) is 0.435. The highest BCUT2D eigenvalue weighted by molar-refractivity contribution is 7.80. The number of hydrogen-bond acceptors (Lipinski definition) is 7. The molecule has 0 aromatic heterocycles. The number of nitro benzene ring substituents is 2. The van der Waals surface area contributed by atoms with E-state index in [1.807, 2.05) is 0 Å². The van der Waals surface area contributed by atoms with Crippen LogP contribution in [0.3, 0.4) is 0 Å². The molecule has 1 aromatic carbocycles. The molecule has 0 saturated carbocycles. The molecule has 0 saturated heterocycles. The van der Waals surface area contributed by atoms with Crippen molar-refractivity contribution >= 4 is 30.1 Å². The zero-order valence-corrected chi connectivity index (χ0v) is 17.2. The molecule has 1 amide bonds. The number of hydrogen-bond donors (Lipinski definition) is 2. The summed E-state index contributed by atoms with van der Waals surface area (Å²) in [5.41, 5.74) is -1.72. The Morgan fingerprint density at radius 3 is 2.11 bits per heavy atom. The number of ether oxygens (including phenoxy) is 1. The highest BCUT2D eigenvalue weighted by atomic mass is 32.1. The van der Waals surface area contributed by atoms with Crippen LogP contribution in [0, 0.1) is 20.2 Å². The van der Waals surface area contributed by atoms with Crippen molar-refractivity contribution in [2.75, 3.05) is 6.54 Å². The van der Waals surface area contributed by atoms with E-state index < -0.39 is 32.6 Å². The summed E-state index contributed by atoms with van der Waals surface area (Å²) in [6, 6.07) is 1.32. The van der Waals surface area contributed by atoms with E-state index in [1.54, 1.807) is 41.5 Å². The van der Waals surface area contributed by atoms with Gasteiger partial charge in [0.05, 0.1) is 14.7 Å². The second kappa shape index (κ2) is 8.12. The Labute approximate surface area is 163 Å². The van der Waals surface area contributed by atoms with Crippen LogP contribution in [0.15, 0.2) is 11.0 Å². The van der Waals surface area contributed by atoms with E-state index >= 15 is 0 Å². The summed E-state index contributed by atoms with van der Waals surface area (Å²) < 4.78 is 5.09. The minimum atomic E-state index is -0.704. The zero-order valence-electron chi connectivity index (χ0n) is 16.3. The fourth-order valence-electron chi connectivity index (χ4n) is 2.47. The van der Waals surface area contributed by atoms with Crippen molar-refractivity contribution < 1.29 is 19.4 Å². The van der Waals surface area contributed by atoms with Gasteiger partial charge in [-0.2, -0.15) is 0 Å². The normalized spacial score (nSPS) is 11.8. The largest absolute Gasteiger partial charge is 0.444 e. The SMILES string of the molecule is CC(C)(C)OC(=O)NCCc1c([N+](=O)[O-])cc(C(C)(C)C)c(S)c1[N+](=O)[O-]. The molecule has 1 N–H and O–H groups in total. The lowest BCUT2D eigenvalue weighted by molar-refractivity contribution is -0.397. The average Bonchev–Trinajstić information content (AvgIpc) is 2.42. The third kappa shape index (κ3) is 6.09. The van der Waals surface area contributed by atoms with Crippen molar-refractivity contribution in [3.8, 4) is 0 Å². The fraction of sp³-hybridized carbons (Fsp3) is 0.588. The van der Waals surface area contributed by atoms with Crippen LogP contribution in [0.2, 0.25) is 0 Å². The average molecular weight is 399 g/mol. The van der Waals surface area contributed by atoms with Gasteiger partial charge in [0.25, 0.3) is 11.4 Å². The molecule has 1 rings (SSSR count). The highest BCUT2D eigenvalue weighted by Crippen LogP contribution is 2.41. The molecule has 150 valence electrons. The third-order valence-electron chi connectivity index (χ3n) is 3.59. The van der Waals surface area contributed by atoms with Gasteiger partial charge >= 0.3 is 6.09 Å². The molecule has 1 aromatic rings. The number of nitrogens with one attached hydrogen (secondary N) is 1. The van der Waals surface area contributed by atoms with Gasteiger partial charge in [-0.05, 0) is 31.7 Å². The Balaban J connectivity index is 3.29. The Kier molecular flexibility index (Phi) is 6.82. The first-order valence-electron chi connectivity index (χ1n) is 8.30. The molecule has 0 heterocycles. The van der Waals surface area contributed by atoms with Gasteiger partial charge in [-0.1, -0.05) is 20.8 Å². The Hall–Kier alpha value is -2.36. The van der Waals surface area contributed by atoms with Gasteiger partial charge in [-0.15, -0.1) is 12.6 Å². The van der Waals surface area contributed by atoms with Crippen molar-refractivity contribution in [2.24, 2.45) is 0 Å². The molecule has 0 aliphatic rings. The summed E-state index contributed by atoms with van der Waals surface area (Å²) in [6.45, 7) is 10.4. The van der Waals surface area contributed by atoms with Crippen LogP contribution in [0.4, 0.5) is 16.2 Å².